The van der Waals surface area contributed by atoms with Crippen LogP contribution in [0.3, 0.4) is 0 Å². The van der Waals surface area contributed by atoms with Crippen LogP contribution in [0.2, 0.25) is 0 Å². The molecule has 0 aliphatic carbocycles. The third-order valence-electron chi connectivity index (χ3n) is 1.89. The molecular weight excluding hydrogens is 190 g/mol. The number of halogens is 2. The van der Waals surface area contributed by atoms with Crippen LogP contribution in [0.5, 0.6) is 0 Å². The van der Waals surface area contributed by atoms with Gasteiger partial charge in [0.15, 0.2) is 0 Å². The predicted molar refractivity (Wildman–Crippen MR) is 50.3 cm³/mol. The Hall–Kier alpha value is -0.930. The molecule has 0 fully saturated rings. The smallest absolute Gasteiger partial charge is 0.303 e. The monoisotopic (exact) mass is 206 g/mol. The quantitative estimate of drug-likeness (QED) is 0.616. The fourth-order valence-electron chi connectivity index (χ4n) is 1.16. The van der Waals surface area contributed by atoms with E-state index < -0.39 is 12.0 Å². The van der Waals surface area contributed by atoms with Crippen LogP contribution in [-0.4, -0.2) is 11.1 Å². The Morgan fingerprint density at radius 3 is 2.21 bits per heavy atom. The number of carboxylic acid groups (broad SMARTS) is 1. The molecule has 1 N–H and O–H groups in total. The summed E-state index contributed by atoms with van der Waals surface area (Å²) < 4.78 is 23.1. The van der Waals surface area contributed by atoms with E-state index >= 15 is 0 Å². The molecule has 0 spiro atoms. The van der Waals surface area contributed by atoms with Crippen molar-refractivity contribution in [3.8, 4) is 0 Å². The second-order valence-corrected chi connectivity index (χ2v) is 3.19. The highest BCUT2D eigenvalue weighted by Crippen LogP contribution is 2.09. The first-order valence-corrected chi connectivity index (χ1v) is 4.86. The Morgan fingerprint density at radius 2 is 1.64 bits per heavy atom. The van der Waals surface area contributed by atoms with Crippen LogP contribution in [0.15, 0.2) is 12.2 Å². The summed E-state index contributed by atoms with van der Waals surface area (Å²) in [6.45, 7) is 0. The van der Waals surface area contributed by atoms with E-state index in [1.807, 2.05) is 0 Å². The van der Waals surface area contributed by atoms with Crippen LogP contribution in [0.4, 0.5) is 8.78 Å². The van der Waals surface area contributed by atoms with Crippen LogP contribution in [-0.2, 0) is 4.79 Å². The molecule has 0 saturated carbocycles. The van der Waals surface area contributed by atoms with Gasteiger partial charge in [0, 0.05) is 6.42 Å². The van der Waals surface area contributed by atoms with Crippen molar-refractivity contribution in [3.05, 3.63) is 12.2 Å². The first kappa shape index (κ1) is 13.1. The Morgan fingerprint density at radius 1 is 1.07 bits per heavy atom. The van der Waals surface area contributed by atoms with E-state index in [2.05, 4.69) is 0 Å². The molecule has 0 saturated heterocycles. The van der Waals surface area contributed by atoms with Crippen molar-refractivity contribution >= 4 is 5.97 Å². The topological polar surface area (TPSA) is 37.3 Å². The zero-order valence-electron chi connectivity index (χ0n) is 8.14. The van der Waals surface area contributed by atoms with Crippen molar-refractivity contribution in [1.29, 1.82) is 0 Å². The standard InChI is InChI=1S/C10H16F2O2/c11-9(12)7-5-3-1-2-4-6-8-10(13)14/h7H,1-6,8H2,(H,13,14). The van der Waals surface area contributed by atoms with Crippen LogP contribution in [0, 0.1) is 0 Å². The lowest BCUT2D eigenvalue weighted by Gasteiger charge is -1.97. The highest BCUT2D eigenvalue weighted by atomic mass is 19.3. The molecule has 0 aromatic carbocycles. The largest absolute Gasteiger partial charge is 0.481 e. The van der Waals surface area contributed by atoms with Crippen LogP contribution in [0.25, 0.3) is 0 Å². The van der Waals surface area contributed by atoms with Gasteiger partial charge in [-0.15, -0.1) is 0 Å². The lowest BCUT2D eigenvalue weighted by molar-refractivity contribution is -0.137. The normalized spacial score (nSPS) is 9.86. The van der Waals surface area contributed by atoms with Crippen LogP contribution in [0.1, 0.15) is 44.9 Å². The van der Waals surface area contributed by atoms with Gasteiger partial charge in [-0.05, 0) is 25.3 Å². The summed E-state index contributed by atoms with van der Waals surface area (Å²) in [5.41, 5.74) is 0. The molecule has 14 heavy (non-hydrogen) atoms. The number of rotatable bonds is 8. The van der Waals surface area contributed by atoms with E-state index in [9.17, 15) is 13.6 Å². The number of carboxylic acids is 1. The molecule has 0 atom stereocenters. The summed E-state index contributed by atoms with van der Waals surface area (Å²) in [6, 6.07) is 0. The van der Waals surface area contributed by atoms with Crippen molar-refractivity contribution in [2.75, 3.05) is 0 Å². The van der Waals surface area contributed by atoms with Crippen LogP contribution >= 0.6 is 0 Å². The van der Waals surface area contributed by atoms with Crippen molar-refractivity contribution in [3.63, 3.8) is 0 Å². The van der Waals surface area contributed by atoms with Gasteiger partial charge in [-0.25, -0.2) is 0 Å². The van der Waals surface area contributed by atoms with Gasteiger partial charge in [0.2, 0.25) is 0 Å². The zero-order chi connectivity index (χ0) is 10.8. The average molecular weight is 206 g/mol. The third-order valence-corrected chi connectivity index (χ3v) is 1.89. The lowest BCUT2D eigenvalue weighted by Crippen LogP contribution is -1.93. The number of carbonyl (C=O) groups is 1. The van der Waals surface area contributed by atoms with Gasteiger partial charge in [0.05, 0.1) is 0 Å². The summed E-state index contributed by atoms with van der Waals surface area (Å²) in [6.07, 6.45) is 4.06. The minimum Gasteiger partial charge on any atom is -0.481 e. The first-order chi connectivity index (χ1) is 6.63. The Labute approximate surface area is 82.6 Å². The minimum atomic E-state index is -1.61. The summed E-state index contributed by atoms with van der Waals surface area (Å²) in [4.78, 5) is 10.1. The first-order valence-electron chi connectivity index (χ1n) is 4.86. The Balaban J connectivity index is 3.07. The molecule has 0 bridgehead atoms. The van der Waals surface area contributed by atoms with Gasteiger partial charge >= 0.3 is 5.97 Å². The van der Waals surface area contributed by atoms with E-state index in [1.165, 1.54) is 0 Å². The number of allylic oxidation sites excluding steroid dienone is 1. The van der Waals surface area contributed by atoms with Crippen LogP contribution < -0.4 is 0 Å². The van der Waals surface area contributed by atoms with Gasteiger partial charge in [-0.2, -0.15) is 8.78 Å². The molecule has 0 unspecified atom stereocenters. The molecule has 0 radical (unpaired) electrons. The van der Waals surface area contributed by atoms with E-state index in [0.29, 0.717) is 12.8 Å². The van der Waals surface area contributed by atoms with Gasteiger partial charge < -0.3 is 5.11 Å². The van der Waals surface area contributed by atoms with E-state index in [1.54, 1.807) is 0 Å². The van der Waals surface area contributed by atoms with Gasteiger partial charge in [-0.3, -0.25) is 4.79 Å². The fourth-order valence-corrected chi connectivity index (χ4v) is 1.16. The Bertz CT molecular complexity index is 187. The molecule has 0 heterocycles. The summed E-state index contributed by atoms with van der Waals surface area (Å²) in [5.74, 6) is -0.771. The molecule has 0 aromatic heterocycles. The molecule has 4 heteroatoms. The SMILES string of the molecule is O=C(O)CCCCCCCC=C(F)F. The average Bonchev–Trinajstić information content (AvgIpc) is 2.08. The highest BCUT2D eigenvalue weighted by Gasteiger charge is 1.96. The molecule has 0 aliphatic rings. The summed E-state index contributed by atoms with van der Waals surface area (Å²) >= 11 is 0. The summed E-state index contributed by atoms with van der Waals surface area (Å²) in [7, 11) is 0. The molecule has 0 aromatic rings. The van der Waals surface area contributed by atoms with Crippen molar-refractivity contribution in [2.24, 2.45) is 0 Å². The third kappa shape index (κ3) is 11.1. The zero-order valence-corrected chi connectivity index (χ0v) is 8.14. The van der Waals surface area contributed by atoms with E-state index in [-0.39, 0.29) is 6.42 Å². The highest BCUT2D eigenvalue weighted by molar-refractivity contribution is 5.66. The molecule has 82 valence electrons. The maximum atomic E-state index is 11.5. The predicted octanol–water partition coefficient (Wildman–Crippen LogP) is 3.58. The molecule has 0 amide bonds. The fraction of sp³-hybridized carbons (Fsp3) is 0.700. The second-order valence-electron chi connectivity index (χ2n) is 3.19. The Kier molecular flexibility index (Phi) is 8.08. The number of hydrogen-bond donors (Lipinski definition) is 1. The number of unbranched alkanes of at least 4 members (excludes halogenated alkanes) is 5. The molecule has 0 rings (SSSR count). The van der Waals surface area contributed by atoms with Gasteiger partial charge in [0.25, 0.3) is 6.08 Å². The van der Waals surface area contributed by atoms with Gasteiger partial charge in [0.1, 0.15) is 0 Å². The number of aliphatic carboxylic acids is 1. The molecular formula is C10H16F2O2. The van der Waals surface area contributed by atoms with E-state index in [0.717, 1.165) is 31.8 Å². The van der Waals surface area contributed by atoms with Gasteiger partial charge in [-0.1, -0.05) is 19.3 Å². The molecule has 0 aliphatic heterocycles. The number of hydrogen-bond acceptors (Lipinski definition) is 1. The minimum absolute atomic E-state index is 0.207. The lowest BCUT2D eigenvalue weighted by atomic mass is 10.1. The van der Waals surface area contributed by atoms with Crippen molar-refractivity contribution in [1.82, 2.24) is 0 Å². The van der Waals surface area contributed by atoms with E-state index in [4.69, 9.17) is 5.11 Å². The van der Waals surface area contributed by atoms with Crippen molar-refractivity contribution < 1.29 is 18.7 Å². The molecule has 2 nitrogen and oxygen atoms in total. The maximum absolute atomic E-state index is 11.5. The van der Waals surface area contributed by atoms with Crippen molar-refractivity contribution in [2.45, 2.75) is 44.9 Å². The second kappa shape index (κ2) is 8.66. The summed E-state index contributed by atoms with van der Waals surface area (Å²) in [5, 5.41) is 8.32. The maximum Gasteiger partial charge on any atom is 0.303 e.